The zero-order valence-corrected chi connectivity index (χ0v) is 17.9. The number of nitrogens with one attached hydrogen (secondary N) is 2. The molecule has 4 heterocycles. The Balaban J connectivity index is 1.27. The minimum absolute atomic E-state index is 0.0114. The fraction of sp³-hybridized carbons (Fsp3) is 0.478. The van der Waals surface area contributed by atoms with Crippen molar-refractivity contribution in [2.24, 2.45) is 0 Å². The molecule has 2 saturated heterocycles. The molecule has 0 saturated carbocycles. The summed E-state index contributed by atoms with van der Waals surface area (Å²) >= 11 is 0. The third-order valence-corrected chi connectivity index (χ3v) is 6.64. The SMILES string of the molecule is O=C1NC(CC(=O)N2CCCC(c3[nH]ncc3C(=O)N3CCOCC3)C2)c2ccccc21. The number of carbonyl (C=O) groups is 3. The van der Waals surface area contributed by atoms with Gasteiger partial charge in [-0.3, -0.25) is 19.5 Å². The summed E-state index contributed by atoms with van der Waals surface area (Å²) in [4.78, 5) is 41.9. The Kier molecular flexibility index (Phi) is 5.65. The van der Waals surface area contributed by atoms with Crippen LogP contribution in [0.1, 0.15) is 63.2 Å². The lowest BCUT2D eigenvalue weighted by atomic mass is 9.91. The summed E-state index contributed by atoms with van der Waals surface area (Å²) < 4.78 is 5.35. The first-order valence-corrected chi connectivity index (χ1v) is 11.2. The van der Waals surface area contributed by atoms with Crippen LogP contribution in [0.25, 0.3) is 0 Å². The van der Waals surface area contributed by atoms with Crippen LogP contribution in [-0.2, 0) is 9.53 Å². The second kappa shape index (κ2) is 8.74. The normalized spacial score (nSPS) is 23.1. The number of hydrogen-bond acceptors (Lipinski definition) is 5. The first-order chi connectivity index (χ1) is 15.6. The number of aromatic nitrogens is 2. The number of ether oxygens (including phenoxy) is 1. The highest BCUT2D eigenvalue weighted by molar-refractivity contribution is 5.99. The number of amides is 3. The van der Waals surface area contributed by atoms with Gasteiger partial charge in [-0.05, 0) is 24.5 Å². The van der Waals surface area contributed by atoms with Gasteiger partial charge < -0.3 is 19.9 Å². The molecule has 2 unspecified atom stereocenters. The minimum atomic E-state index is -0.294. The van der Waals surface area contributed by atoms with Crippen molar-refractivity contribution in [2.45, 2.75) is 31.2 Å². The van der Waals surface area contributed by atoms with Crippen LogP contribution in [0.3, 0.4) is 0 Å². The fourth-order valence-corrected chi connectivity index (χ4v) is 4.94. The van der Waals surface area contributed by atoms with Crippen LogP contribution < -0.4 is 5.32 Å². The van der Waals surface area contributed by atoms with Gasteiger partial charge in [0, 0.05) is 37.7 Å². The average molecular weight is 438 g/mol. The number of nitrogens with zero attached hydrogens (tertiary/aromatic N) is 3. The van der Waals surface area contributed by atoms with E-state index in [-0.39, 0.29) is 36.1 Å². The van der Waals surface area contributed by atoms with Crippen LogP contribution in [0.4, 0.5) is 0 Å². The summed E-state index contributed by atoms with van der Waals surface area (Å²) in [5.41, 5.74) is 2.92. The number of morpholine rings is 1. The Labute approximate surface area is 186 Å². The zero-order chi connectivity index (χ0) is 22.1. The van der Waals surface area contributed by atoms with E-state index in [2.05, 4.69) is 15.5 Å². The Morgan fingerprint density at radius 2 is 1.94 bits per heavy atom. The maximum Gasteiger partial charge on any atom is 0.257 e. The van der Waals surface area contributed by atoms with Gasteiger partial charge in [-0.15, -0.1) is 0 Å². The lowest BCUT2D eigenvalue weighted by Gasteiger charge is -2.34. The largest absolute Gasteiger partial charge is 0.378 e. The fourth-order valence-electron chi connectivity index (χ4n) is 4.94. The summed E-state index contributed by atoms with van der Waals surface area (Å²) in [5.74, 6) is -0.123. The van der Waals surface area contributed by atoms with Crippen LogP contribution in [0, 0.1) is 0 Å². The van der Waals surface area contributed by atoms with Crippen molar-refractivity contribution in [3.8, 4) is 0 Å². The molecule has 1 aromatic carbocycles. The van der Waals surface area contributed by atoms with E-state index in [0.717, 1.165) is 24.1 Å². The number of fused-ring (bicyclic) bond motifs is 1. The number of H-pyrrole nitrogens is 1. The molecule has 3 aliphatic rings. The molecule has 1 aromatic heterocycles. The number of benzene rings is 1. The highest BCUT2D eigenvalue weighted by atomic mass is 16.5. The molecule has 2 atom stereocenters. The highest BCUT2D eigenvalue weighted by Crippen LogP contribution is 2.31. The second-order valence-corrected chi connectivity index (χ2v) is 8.60. The van der Waals surface area contributed by atoms with Crippen molar-refractivity contribution in [2.75, 3.05) is 39.4 Å². The Morgan fingerprint density at radius 3 is 2.78 bits per heavy atom. The smallest absolute Gasteiger partial charge is 0.257 e. The van der Waals surface area contributed by atoms with Gasteiger partial charge in [0.15, 0.2) is 0 Å². The summed E-state index contributed by atoms with van der Waals surface area (Å²) in [6.45, 7) is 3.46. The molecule has 3 amide bonds. The van der Waals surface area contributed by atoms with Crippen LogP contribution in [0.5, 0.6) is 0 Å². The van der Waals surface area contributed by atoms with Gasteiger partial charge in [0.2, 0.25) is 5.91 Å². The van der Waals surface area contributed by atoms with E-state index in [1.807, 2.05) is 23.1 Å². The van der Waals surface area contributed by atoms with Gasteiger partial charge in [-0.1, -0.05) is 18.2 Å². The van der Waals surface area contributed by atoms with Crippen LogP contribution >= 0.6 is 0 Å². The van der Waals surface area contributed by atoms with Gasteiger partial charge in [-0.2, -0.15) is 5.10 Å². The van der Waals surface area contributed by atoms with Gasteiger partial charge in [-0.25, -0.2) is 0 Å². The van der Waals surface area contributed by atoms with Crippen molar-refractivity contribution in [3.05, 3.63) is 52.8 Å². The number of hydrogen-bond donors (Lipinski definition) is 2. The number of carbonyl (C=O) groups excluding carboxylic acids is 3. The molecular formula is C23H27N5O4. The number of aromatic amines is 1. The van der Waals surface area contributed by atoms with E-state index in [4.69, 9.17) is 4.74 Å². The first kappa shape index (κ1) is 20.7. The molecule has 2 aromatic rings. The van der Waals surface area contributed by atoms with E-state index in [1.54, 1.807) is 17.2 Å². The summed E-state index contributed by atoms with van der Waals surface area (Å²) in [7, 11) is 0. The van der Waals surface area contributed by atoms with Crippen molar-refractivity contribution in [1.82, 2.24) is 25.3 Å². The van der Waals surface area contributed by atoms with Gasteiger partial charge in [0.1, 0.15) is 0 Å². The molecule has 3 aliphatic heterocycles. The topological polar surface area (TPSA) is 108 Å². The quantitative estimate of drug-likeness (QED) is 0.753. The maximum atomic E-state index is 13.1. The summed E-state index contributed by atoms with van der Waals surface area (Å²) in [6, 6.07) is 7.11. The van der Waals surface area contributed by atoms with Gasteiger partial charge in [0.05, 0.1) is 43.1 Å². The van der Waals surface area contributed by atoms with E-state index in [9.17, 15) is 14.4 Å². The Morgan fingerprint density at radius 1 is 1.12 bits per heavy atom. The van der Waals surface area contributed by atoms with E-state index >= 15 is 0 Å². The maximum absolute atomic E-state index is 13.1. The molecule has 5 rings (SSSR count). The van der Waals surface area contributed by atoms with Gasteiger partial charge in [0.25, 0.3) is 11.8 Å². The second-order valence-electron chi connectivity index (χ2n) is 8.60. The van der Waals surface area contributed by atoms with Crippen LogP contribution in [0.2, 0.25) is 0 Å². The molecular weight excluding hydrogens is 410 g/mol. The van der Waals surface area contributed by atoms with Crippen LogP contribution in [-0.4, -0.2) is 77.1 Å². The van der Waals surface area contributed by atoms with Crippen molar-refractivity contribution >= 4 is 17.7 Å². The summed E-state index contributed by atoms with van der Waals surface area (Å²) in [6.07, 6.45) is 3.57. The van der Waals surface area contributed by atoms with E-state index < -0.39 is 0 Å². The number of piperidine rings is 1. The minimum Gasteiger partial charge on any atom is -0.378 e. The highest BCUT2D eigenvalue weighted by Gasteiger charge is 2.34. The molecule has 0 spiro atoms. The predicted molar refractivity (Wildman–Crippen MR) is 115 cm³/mol. The van der Waals surface area contributed by atoms with Crippen molar-refractivity contribution in [3.63, 3.8) is 0 Å². The zero-order valence-electron chi connectivity index (χ0n) is 17.9. The molecule has 168 valence electrons. The number of rotatable bonds is 4. The Bertz CT molecular complexity index is 1030. The molecule has 0 bridgehead atoms. The molecule has 9 heteroatoms. The molecule has 2 fully saturated rings. The lowest BCUT2D eigenvalue weighted by Crippen LogP contribution is -2.42. The van der Waals surface area contributed by atoms with Gasteiger partial charge >= 0.3 is 0 Å². The lowest BCUT2D eigenvalue weighted by molar-refractivity contribution is -0.132. The average Bonchev–Trinajstić information content (AvgIpc) is 3.45. The van der Waals surface area contributed by atoms with Crippen molar-refractivity contribution in [1.29, 1.82) is 0 Å². The molecule has 9 nitrogen and oxygen atoms in total. The molecule has 0 aliphatic carbocycles. The number of likely N-dealkylation sites (tertiary alicyclic amines) is 1. The monoisotopic (exact) mass is 437 g/mol. The Hall–Kier alpha value is -3.20. The van der Waals surface area contributed by atoms with E-state index in [1.165, 1.54) is 0 Å². The molecule has 0 radical (unpaired) electrons. The third-order valence-electron chi connectivity index (χ3n) is 6.64. The molecule has 2 N–H and O–H groups in total. The first-order valence-electron chi connectivity index (χ1n) is 11.2. The van der Waals surface area contributed by atoms with E-state index in [0.29, 0.717) is 50.5 Å². The predicted octanol–water partition coefficient (Wildman–Crippen LogP) is 1.46. The molecule has 32 heavy (non-hydrogen) atoms. The summed E-state index contributed by atoms with van der Waals surface area (Å²) in [5, 5.41) is 10.1. The standard InChI is InChI=1S/C23H27N5O4/c29-20(12-19-16-5-1-2-6-17(16)22(30)25-19)28-7-3-4-15(14-28)21-18(13-24-26-21)23(31)27-8-10-32-11-9-27/h1-2,5-6,13,15,19H,3-4,7-12,14H2,(H,24,26)(H,25,30). The third kappa shape index (κ3) is 3.88. The van der Waals surface area contributed by atoms with Crippen molar-refractivity contribution < 1.29 is 19.1 Å². The van der Waals surface area contributed by atoms with Crippen LogP contribution in [0.15, 0.2) is 30.5 Å².